The number of nitrogens with one attached hydrogen (secondary N) is 1. The van der Waals surface area contributed by atoms with E-state index in [-0.39, 0.29) is 11.9 Å². The Morgan fingerprint density at radius 2 is 2.45 bits per heavy atom. The number of hydrogen-bond acceptors (Lipinski definition) is 3. The van der Waals surface area contributed by atoms with Crippen LogP contribution in [-0.4, -0.2) is 31.7 Å². The zero-order valence-electron chi connectivity index (χ0n) is 6.25. The monoisotopic (exact) mass is 156 g/mol. The molecule has 62 valence electrons. The average molecular weight is 156 g/mol. The molecule has 0 spiro atoms. The summed E-state index contributed by atoms with van der Waals surface area (Å²) in [5.74, 6) is -0.0937. The van der Waals surface area contributed by atoms with Gasteiger partial charge < -0.3 is 15.8 Å². The van der Waals surface area contributed by atoms with Crippen molar-refractivity contribution in [3.8, 4) is 0 Å². The highest BCUT2D eigenvalue weighted by atomic mass is 16.5. The molecule has 1 fully saturated rings. The molecule has 0 saturated carbocycles. The van der Waals surface area contributed by atoms with Gasteiger partial charge in [-0.25, -0.2) is 0 Å². The first-order chi connectivity index (χ1) is 5.33. The molecule has 0 atom stereocenters. The SMILES string of the molecule is NC/C=C/C(=O)NC1COC1. The van der Waals surface area contributed by atoms with Crippen LogP contribution in [0.1, 0.15) is 0 Å². The van der Waals surface area contributed by atoms with E-state index in [1.165, 1.54) is 6.08 Å². The molecule has 11 heavy (non-hydrogen) atoms. The van der Waals surface area contributed by atoms with Crippen molar-refractivity contribution in [2.24, 2.45) is 5.73 Å². The van der Waals surface area contributed by atoms with E-state index in [2.05, 4.69) is 5.32 Å². The van der Waals surface area contributed by atoms with Gasteiger partial charge in [0.05, 0.1) is 19.3 Å². The lowest BCUT2D eigenvalue weighted by Crippen LogP contribution is -2.48. The molecule has 0 aliphatic carbocycles. The first-order valence-corrected chi connectivity index (χ1v) is 3.58. The van der Waals surface area contributed by atoms with E-state index in [1.807, 2.05) is 0 Å². The van der Waals surface area contributed by atoms with Gasteiger partial charge in [-0.2, -0.15) is 0 Å². The van der Waals surface area contributed by atoms with Crippen LogP contribution in [0.15, 0.2) is 12.2 Å². The first kappa shape index (κ1) is 8.23. The zero-order chi connectivity index (χ0) is 8.10. The second kappa shape index (κ2) is 4.10. The lowest BCUT2D eigenvalue weighted by molar-refractivity contribution is -0.120. The smallest absolute Gasteiger partial charge is 0.244 e. The predicted molar refractivity (Wildman–Crippen MR) is 40.9 cm³/mol. The highest BCUT2D eigenvalue weighted by Gasteiger charge is 2.18. The Balaban J connectivity index is 2.14. The highest BCUT2D eigenvalue weighted by Crippen LogP contribution is 1.98. The molecule has 1 amide bonds. The standard InChI is InChI=1S/C7H12N2O2/c8-3-1-2-7(10)9-6-4-11-5-6/h1-2,6H,3-5,8H2,(H,9,10)/b2-1+. The maximum absolute atomic E-state index is 10.9. The van der Waals surface area contributed by atoms with Gasteiger partial charge in [-0.15, -0.1) is 0 Å². The maximum atomic E-state index is 10.9. The van der Waals surface area contributed by atoms with E-state index in [9.17, 15) is 4.79 Å². The number of amides is 1. The van der Waals surface area contributed by atoms with E-state index >= 15 is 0 Å². The van der Waals surface area contributed by atoms with E-state index in [4.69, 9.17) is 10.5 Å². The van der Waals surface area contributed by atoms with Gasteiger partial charge in [-0.3, -0.25) is 4.79 Å². The van der Waals surface area contributed by atoms with E-state index in [1.54, 1.807) is 6.08 Å². The number of ether oxygens (including phenoxy) is 1. The third-order valence-corrected chi connectivity index (χ3v) is 1.39. The Bertz CT molecular complexity index is 164. The van der Waals surface area contributed by atoms with Crippen LogP contribution in [0.2, 0.25) is 0 Å². The Labute approximate surface area is 65.4 Å². The van der Waals surface area contributed by atoms with Crippen molar-refractivity contribution in [2.75, 3.05) is 19.8 Å². The van der Waals surface area contributed by atoms with Crippen molar-refractivity contribution < 1.29 is 9.53 Å². The molecular weight excluding hydrogens is 144 g/mol. The second-order valence-electron chi connectivity index (χ2n) is 2.38. The molecule has 1 heterocycles. The van der Waals surface area contributed by atoms with E-state index in [0.717, 1.165) is 0 Å². The molecule has 0 bridgehead atoms. The van der Waals surface area contributed by atoms with Gasteiger partial charge in [-0.05, 0) is 0 Å². The average Bonchev–Trinajstić information content (AvgIpc) is 1.93. The molecule has 0 unspecified atom stereocenters. The van der Waals surface area contributed by atoms with Gasteiger partial charge in [0, 0.05) is 12.6 Å². The van der Waals surface area contributed by atoms with Gasteiger partial charge in [-0.1, -0.05) is 6.08 Å². The number of rotatable bonds is 3. The van der Waals surface area contributed by atoms with Gasteiger partial charge in [0.15, 0.2) is 0 Å². The fraction of sp³-hybridized carbons (Fsp3) is 0.571. The molecule has 0 aromatic rings. The summed E-state index contributed by atoms with van der Waals surface area (Å²) in [4.78, 5) is 10.9. The summed E-state index contributed by atoms with van der Waals surface area (Å²) in [6.07, 6.45) is 3.06. The van der Waals surface area contributed by atoms with Gasteiger partial charge in [0.2, 0.25) is 5.91 Å². The highest BCUT2D eigenvalue weighted by molar-refractivity contribution is 5.87. The minimum Gasteiger partial charge on any atom is -0.377 e. The van der Waals surface area contributed by atoms with Crippen LogP contribution in [-0.2, 0) is 9.53 Å². The van der Waals surface area contributed by atoms with Crippen LogP contribution >= 0.6 is 0 Å². The van der Waals surface area contributed by atoms with Crippen molar-refractivity contribution in [1.82, 2.24) is 5.32 Å². The number of hydrogen-bond donors (Lipinski definition) is 2. The van der Waals surface area contributed by atoms with Crippen molar-refractivity contribution in [3.63, 3.8) is 0 Å². The molecule has 0 aromatic carbocycles. The van der Waals surface area contributed by atoms with Crippen LogP contribution in [0.4, 0.5) is 0 Å². The fourth-order valence-corrected chi connectivity index (χ4v) is 0.743. The van der Waals surface area contributed by atoms with Crippen LogP contribution < -0.4 is 11.1 Å². The van der Waals surface area contributed by atoms with Crippen LogP contribution in [0.25, 0.3) is 0 Å². The van der Waals surface area contributed by atoms with Gasteiger partial charge in [0.25, 0.3) is 0 Å². The summed E-state index contributed by atoms with van der Waals surface area (Å²) in [5, 5.41) is 2.74. The third-order valence-electron chi connectivity index (χ3n) is 1.39. The molecule has 1 saturated heterocycles. The Hall–Kier alpha value is -0.870. The Kier molecular flexibility index (Phi) is 3.07. The summed E-state index contributed by atoms with van der Waals surface area (Å²) in [5.41, 5.74) is 5.16. The molecule has 4 nitrogen and oxygen atoms in total. The summed E-state index contributed by atoms with van der Waals surface area (Å²) in [7, 11) is 0. The largest absolute Gasteiger partial charge is 0.377 e. The molecule has 3 N–H and O–H groups in total. The van der Waals surface area contributed by atoms with E-state index in [0.29, 0.717) is 19.8 Å². The Morgan fingerprint density at radius 3 is 2.91 bits per heavy atom. The Morgan fingerprint density at radius 1 is 1.73 bits per heavy atom. The van der Waals surface area contributed by atoms with Crippen molar-refractivity contribution in [3.05, 3.63) is 12.2 Å². The topological polar surface area (TPSA) is 64.4 Å². The van der Waals surface area contributed by atoms with Crippen LogP contribution in [0, 0.1) is 0 Å². The maximum Gasteiger partial charge on any atom is 0.244 e. The third kappa shape index (κ3) is 2.69. The lowest BCUT2D eigenvalue weighted by Gasteiger charge is -2.26. The number of carbonyl (C=O) groups is 1. The molecule has 1 aliphatic heterocycles. The van der Waals surface area contributed by atoms with Gasteiger partial charge in [0.1, 0.15) is 0 Å². The molecule has 0 aromatic heterocycles. The quantitative estimate of drug-likeness (QED) is 0.516. The number of carbonyl (C=O) groups excluding carboxylic acids is 1. The lowest BCUT2D eigenvalue weighted by atomic mass is 10.2. The molecule has 1 aliphatic rings. The van der Waals surface area contributed by atoms with Crippen LogP contribution in [0.5, 0.6) is 0 Å². The normalized spacial score (nSPS) is 18.3. The molecule has 0 radical (unpaired) electrons. The summed E-state index contributed by atoms with van der Waals surface area (Å²) in [6, 6.07) is 0.199. The fourth-order valence-electron chi connectivity index (χ4n) is 0.743. The first-order valence-electron chi connectivity index (χ1n) is 3.58. The minimum absolute atomic E-state index is 0.0937. The molecule has 4 heteroatoms. The zero-order valence-corrected chi connectivity index (χ0v) is 6.25. The van der Waals surface area contributed by atoms with Crippen molar-refractivity contribution in [2.45, 2.75) is 6.04 Å². The van der Waals surface area contributed by atoms with Crippen LogP contribution in [0.3, 0.4) is 0 Å². The van der Waals surface area contributed by atoms with Gasteiger partial charge >= 0.3 is 0 Å². The van der Waals surface area contributed by atoms with Crippen molar-refractivity contribution >= 4 is 5.91 Å². The second-order valence-corrected chi connectivity index (χ2v) is 2.38. The van der Waals surface area contributed by atoms with Crippen molar-refractivity contribution in [1.29, 1.82) is 0 Å². The number of nitrogens with two attached hydrogens (primary N) is 1. The summed E-state index contributed by atoms with van der Waals surface area (Å²) < 4.78 is 4.88. The summed E-state index contributed by atoms with van der Waals surface area (Å²) >= 11 is 0. The predicted octanol–water partition coefficient (Wildman–Crippen LogP) is -0.984. The minimum atomic E-state index is -0.0937. The molecular formula is C7H12N2O2. The van der Waals surface area contributed by atoms with E-state index < -0.39 is 0 Å². The molecule has 1 rings (SSSR count). The summed E-state index contributed by atoms with van der Waals surface area (Å²) in [6.45, 7) is 1.65.